The van der Waals surface area contributed by atoms with E-state index < -0.39 is 12.7 Å². The molecule has 0 unspecified atom stereocenters. The van der Waals surface area contributed by atoms with E-state index >= 15 is 0 Å². The Hall–Kier alpha value is 1.33. The maximum Gasteiger partial charge on any atom is 1.00 e. The van der Waals surface area contributed by atoms with Crippen molar-refractivity contribution in [3.63, 3.8) is 0 Å². The maximum atomic E-state index is 13.2. The molecule has 34 heavy (non-hydrogen) atoms. The number of halogens is 2. The van der Waals surface area contributed by atoms with Gasteiger partial charge < -0.3 is 42.6 Å². The predicted octanol–water partition coefficient (Wildman–Crippen LogP) is -1.99. The first-order valence-electron chi connectivity index (χ1n) is 11.9. The molecule has 194 valence electrons. The summed E-state index contributed by atoms with van der Waals surface area (Å²) < 4.78 is 64.0. The molecule has 0 N–H and O–H groups in total. The summed E-state index contributed by atoms with van der Waals surface area (Å²) in [6.45, 7) is 12.7. The zero-order valence-electron chi connectivity index (χ0n) is 22.3. The summed E-state index contributed by atoms with van der Waals surface area (Å²) in [5.41, 5.74) is 0. The maximum absolute atomic E-state index is 13.2. The molecule has 2 rings (SSSR count). The molecule has 0 amide bonds. The van der Waals surface area contributed by atoms with Gasteiger partial charge in [-0.1, -0.05) is 27.7 Å². The largest absolute Gasteiger partial charge is 1.00 e. The monoisotopic (exact) mass is 519 g/mol. The van der Waals surface area contributed by atoms with E-state index in [-0.39, 0.29) is 65.3 Å². The quantitative estimate of drug-likeness (QED) is 0.367. The van der Waals surface area contributed by atoms with Gasteiger partial charge in [0, 0.05) is 0 Å². The van der Waals surface area contributed by atoms with Gasteiger partial charge in [-0.3, -0.25) is 8.78 Å². The van der Waals surface area contributed by atoms with Crippen LogP contribution >= 0.6 is 0 Å². The Morgan fingerprint density at radius 2 is 0.794 bits per heavy atom. The zero-order chi connectivity index (χ0) is 24.7. The number of hydrogen-bond acceptors (Lipinski definition) is 9. The molecule has 2 saturated heterocycles. The first kappa shape index (κ1) is 35.3. The standard InChI is InChI=1S/C12H24O6.C7H19B3F2N3.K/c1-2-14-5-6-16-9-10-18-12-11-17-8-7-15-4-3-13-1;1-8-13(4)9(2)15(6)10(3,7(11)12)14(8)5;/h1-12H2;7H,1-6H3;/q;-1;+1. The van der Waals surface area contributed by atoms with Crippen molar-refractivity contribution in [2.45, 2.75) is 26.8 Å². The second-order valence-corrected chi connectivity index (χ2v) is 8.53. The van der Waals surface area contributed by atoms with E-state index in [9.17, 15) is 8.78 Å². The molecule has 0 aromatic heterocycles. The Morgan fingerprint density at radius 3 is 0.971 bits per heavy atom. The van der Waals surface area contributed by atoms with Crippen molar-refractivity contribution in [3.8, 4) is 0 Å². The van der Waals surface area contributed by atoms with Gasteiger partial charge in [-0.2, -0.15) is 6.82 Å². The third-order valence-corrected chi connectivity index (χ3v) is 6.72. The fourth-order valence-corrected chi connectivity index (χ4v) is 3.72. The van der Waals surface area contributed by atoms with Gasteiger partial charge in [0.15, 0.2) is 6.42 Å². The van der Waals surface area contributed by atoms with Crippen LogP contribution in [0.15, 0.2) is 0 Å². The Bertz CT molecular complexity index is 423. The topological polar surface area (TPSA) is 65.1 Å². The smallest absolute Gasteiger partial charge is 0.491 e. The van der Waals surface area contributed by atoms with Gasteiger partial charge in [0.05, 0.1) is 79.3 Å². The van der Waals surface area contributed by atoms with E-state index in [1.807, 2.05) is 20.7 Å². The van der Waals surface area contributed by atoms with Crippen LogP contribution in [0.2, 0.25) is 20.5 Å². The molecule has 2 fully saturated rings. The molecule has 2 aliphatic rings. The molecule has 15 heteroatoms. The number of alkyl halides is 2. The molecule has 0 bridgehead atoms. The summed E-state index contributed by atoms with van der Waals surface area (Å²) in [6, 6.07) is 0. The minimum atomic E-state index is -2.32. The van der Waals surface area contributed by atoms with Crippen LogP contribution in [-0.4, -0.2) is 141 Å². The second kappa shape index (κ2) is 20.3. The average Bonchev–Trinajstić information content (AvgIpc) is 2.80. The van der Waals surface area contributed by atoms with Gasteiger partial charge in [-0.15, -0.1) is 0 Å². The average molecular weight is 519 g/mol. The Labute approximate surface area is 248 Å². The van der Waals surface area contributed by atoms with Gasteiger partial charge >= 0.3 is 51.4 Å². The zero-order valence-corrected chi connectivity index (χ0v) is 25.5. The summed E-state index contributed by atoms with van der Waals surface area (Å²) >= 11 is 0. The molecule has 0 saturated carbocycles. The van der Waals surface area contributed by atoms with Crippen molar-refractivity contribution in [1.82, 2.24) is 14.2 Å². The number of nitrogens with zero attached hydrogens (tertiary/aromatic N) is 3. The SMILES string of the molecule is C1COCCOCCOCCOCCOCCO1.CB1N(C)B(C)N(C)[B-](C)(C(F)F)N1C.[K+]. The van der Waals surface area contributed by atoms with Gasteiger partial charge in [0.2, 0.25) is 0 Å². The van der Waals surface area contributed by atoms with E-state index in [4.69, 9.17) is 28.4 Å². The Balaban J connectivity index is 0.000000632. The molecular formula is C19H43B3F2KN3O6. The number of hydrogen-bond donors (Lipinski definition) is 0. The van der Waals surface area contributed by atoms with Crippen LogP contribution in [0.4, 0.5) is 8.78 Å². The van der Waals surface area contributed by atoms with Gasteiger partial charge in [0.1, 0.15) is 6.32 Å². The van der Waals surface area contributed by atoms with Crippen LogP contribution in [0.5, 0.6) is 0 Å². The van der Waals surface area contributed by atoms with Gasteiger partial charge in [0.25, 0.3) is 14.0 Å². The Morgan fingerprint density at radius 1 is 0.588 bits per heavy atom. The molecular weight excluding hydrogens is 476 g/mol. The van der Waals surface area contributed by atoms with Crippen LogP contribution in [0.25, 0.3) is 0 Å². The minimum Gasteiger partial charge on any atom is -0.491 e. The molecule has 0 aliphatic carbocycles. The summed E-state index contributed by atoms with van der Waals surface area (Å²) in [5, 5.41) is 0. The first-order valence-corrected chi connectivity index (χ1v) is 11.9. The molecule has 2 aliphatic heterocycles. The number of ether oxygens (including phenoxy) is 6. The van der Waals surface area contributed by atoms with Crippen molar-refractivity contribution in [3.05, 3.63) is 0 Å². The summed E-state index contributed by atoms with van der Waals surface area (Å²) in [5.74, 6) is 0. The van der Waals surface area contributed by atoms with Crippen LogP contribution in [-0.2, 0) is 28.4 Å². The molecule has 0 aromatic rings. The number of rotatable bonds is 1. The molecule has 0 radical (unpaired) electrons. The van der Waals surface area contributed by atoms with Crippen molar-refractivity contribution >= 4 is 20.4 Å². The van der Waals surface area contributed by atoms with Crippen LogP contribution in [0.1, 0.15) is 0 Å². The summed E-state index contributed by atoms with van der Waals surface area (Å²) in [4.78, 5) is 0. The van der Waals surface area contributed by atoms with Crippen LogP contribution in [0.3, 0.4) is 0 Å². The Kier molecular flexibility index (Phi) is 21.1. The van der Waals surface area contributed by atoms with Gasteiger partial charge in [-0.25, -0.2) is 0 Å². The third kappa shape index (κ3) is 12.2. The van der Waals surface area contributed by atoms with E-state index in [0.717, 1.165) is 0 Å². The van der Waals surface area contributed by atoms with E-state index in [0.29, 0.717) is 79.3 Å². The predicted molar refractivity (Wildman–Crippen MR) is 129 cm³/mol. The summed E-state index contributed by atoms with van der Waals surface area (Å²) in [6.07, 6.45) is -4.23. The molecule has 2 heterocycles. The van der Waals surface area contributed by atoms with E-state index in [2.05, 4.69) is 4.72 Å². The molecule has 0 atom stereocenters. The van der Waals surface area contributed by atoms with E-state index in [1.165, 1.54) is 0 Å². The third-order valence-electron chi connectivity index (χ3n) is 6.72. The second-order valence-electron chi connectivity index (χ2n) is 8.53. The molecule has 0 spiro atoms. The normalized spacial score (nSPS) is 23.9. The molecule has 0 aromatic carbocycles. The fraction of sp³-hybridized carbons (Fsp3) is 1.00. The first-order chi connectivity index (χ1) is 15.7. The minimum absolute atomic E-state index is 0. The molecule has 9 nitrogen and oxygen atoms in total. The van der Waals surface area contributed by atoms with Crippen molar-refractivity contribution < 1.29 is 88.6 Å². The van der Waals surface area contributed by atoms with Gasteiger partial charge in [-0.05, 0) is 7.05 Å². The van der Waals surface area contributed by atoms with Crippen LogP contribution in [0, 0.1) is 0 Å². The van der Waals surface area contributed by atoms with Crippen molar-refractivity contribution in [2.24, 2.45) is 0 Å². The van der Waals surface area contributed by atoms with Crippen molar-refractivity contribution in [2.75, 3.05) is 100 Å². The fourth-order valence-electron chi connectivity index (χ4n) is 3.72. The summed E-state index contributed by atoms with van der Waals surface area (Å²) in [7, 11) is 5.51. The van der Waals surface area contributed by atoms with Crippen LogP contribution < -0.4 is 51.4 Å². The van der Waals surface area contributed by atoms with Crippen molar-refractivity contribution in [1.29, 1.82) is 0 Å². The van der Waals surface area contributed by atoms with E-state index in [1.54, 1.807) is 30.4 Å².